The summed E-state index contributed by atoms with van der Waals surface area (Å²) in [6.45, 7) is 0. The summed E-state index contributed by atoms with van der Waals surface area (Å²) in [5.74, 6) is -0.356. The fraction of sp³-hybridized carbons (Fsp3) is 0.0769. The van der Waals surface area contributed by atoms with Gasteiger partial charge in [-0.05, 0) is 17.7 Å². The van der Waals surface area contributed by atoms with Gasteiger partial charge in [0.2, 0.25) is 0 Å². The molecule has 17 heavy (non-hydrogen) atoms. The number of rotatable bonds is 2. The summed E-state index contributed by atoms with van der Waals surface area (Å²) in [5, 5.41) is 8.85. The SMILES string of the molecule is N#CCc1cnc(Cl)c(-c2ccccc2F)c1. The zero-order chi connectivity index (χ0) is 12.3. The average molecular weight is 247 g/mol. The summed E-state index contributed by atoms with van der Waals surface area (Å²) >= 11 is 5.94. The summed E-state index contributed by atoms with van der Waals surface area (Å²) < 4.78 is 13.6. The van der Waals surface area contributed by atoms with Crippen molar-refractivity contribution in [2.24, 2.45) is 0 Å². The Balaban J connectivity index is 2.55. The molecule has 0 unspecified atom stereocenters. The maximum atomic E-state index is 13.6. The van der Waals surface area contributed by atoms with Crippen LogP contribution in [0.1, 0.15) is 5.56 Å². The Labute approximate surface area is 103 Å². The number of halogens is 2. The summed E-state index contributed by atoms with van der Waals surface area (Å²) in [7, 11) is 0. The topological polar surface area (TPSA) is 36.7 Å². The Morgan fingerprint density at radius 2 is 2.06 bits per heavy atom. The molecular formula is C13H8ClFN2. The molecule has 0 aliphatic rings. The summed E-state index contributed by atoms with van der Waals surface area (Å²) in [5.41, 5.74) is 1.62. The van der Waals surface area contributed by atoms with Gasteiger partial charge in [0.05, 0.1) is 12.5 Å². The first-order valence-electron chi connectivity index (χ1n) is 4.98. The van der Waals surface area contributed by atoms with E-state index in [-0.39, 0.29) is 17.4 Å². The lowest BCUT2D eigenvalue weighted by Crippen LogP contribution is -1.91. The average Bonchev–Trinajstić information content (AvgIpc) is 2.33. The van der Waals surface area contributed by atoms with Crippen LogP contribution in [0.4, 0.5) is 4.39 Å². The van der Waals surface area contributed by atoms with Gasteiger partial charge in [0.25, 0.3) is 0 Å². The number of hydrogen-bond acceptors (Lipinski definition) is 2. The first-order valence-corrected chi connectivity index (χ1v) is 5.36. The third kappa shape index (κ3) is 2.43. The molecule has 0 spiro atoms. The highest BCUT2D eigenvalue weighted by Crippen LogP contribution is 2.29. The molecule has 2 aromatic rings. The van der Waals surface area contributed by atoms with E-state index < -0.39 is 0 Å². The normalized spacial score (nSPS) is 9.94. The lowest BCUT2D eigenvalue weighted by Gasteiger charge is -2.06. The smallest absolute Gasteiger partial charge is 0.136 e. The van der Waals surface area contributed by atoms with Gasteiger partial charge in [0.15, 0.2) is 0 Å². The molecule has 1 aromatic heterocycles. The maximum absolute atomic E-state index is 13.6. The first-order chi connectivity index (χ1) is 8.22. The summed E-state index contributed by atoms with van der Waals surface area (Å²) in [6, 6.07) is 10.0. The van der Waals surface area contributed by atoms with Crippen molar-refractivity contribution in [2.75, 3.05) is 0 Å². The number of aromatic nitrogens is 1. The second kappa shape index (κ2) is 4.94. The minimum atomic E-state index is -0.356. The number of benzene rings is 1. The molecule has 0 fully saturated rings. The molecule has 0 saturated heterocycles. The number of pyridine rings is 1. The lowest BCUT2D eigenvalue weighted by molar-refractivity contribution is 0.631. The Hall–Kier alpha value is -1.92. The van der Waals surface area contributed by atoms with Crippen molar-refractivity contribution in [3.8, 4) is 17.2 Å². The second-order valence-corrected chi connectivity index (χ2v) is 3.85. The van der Waals surface area contributed by atoms with Crippen molar-refractivity contribution < 1.29 is 4.39 Å². The van der Waals surface area contributed by atoms with Gasteiger partial charge in [-0.25, -0.2) is 9.37 Å². The van der Waals surface area contributed by atoms with E-state index in [1.165, 1.54) is 12.3 Å². The largest absolute Gasteiger partial charge is 0.244 e. The molecule has 0 atom stereocenters. The molecule has 0 aliphatic heterocycles. The standard InChI is InChI=1S/C13H8ClFN2/c14-13-11(7-9(5-6-16)8-17-13)10-3-1-2-4-12(10)15/h1-4,7-8H,5H2. The predicted molar refractivity (Wildman–Crippen MR) is 64.0 cm³/mol. The quantitative estimate of drug-likeness (QED) is 0.759. The van der Waals surface area contributed by atoms with Crippen LogP contribution < -0.4 is 0 Å². The van der Waals surface area contributed by atoms with E-state index in [1.807, 2.05) is 6.07 Å². The predicted octanol–water partition coefficient (Wildman–Crippen LogP) is 3.61. The molecule has 4 heteroatoms. The van der Waals surface area contributed by atoms with E-state index in [2.05, 4.69) is 4.98 Å². The van der Waals surface area contributed by atoms with Crippen LogP contribution in [-0.2, 0) is 6.42 Å². The van der Waals surface area contributed by atoms with Crippen LogP contribution in [0.5, 0.6) is 0 Å². The summed E-state index contributed by atoms with van der Waals surface area (Å²) in [4.78, 5) is 3.96. The van der Waals surface area contributed by atoms with Crippen LogP contribution in [0.2, 0.25) is 5.15 Å². The van der Waals surface area contributed by atoms with Gasteiger partial charge in [0, 0.05) is 17.3 Å². The molecule has 0 radical (unpaired) electrons. The molecule has 0 N–H and O–H groups in total. The minimum Gasteiger partial charge on any atom is -0.244 e. The third-order valence-electron chi connectivity index (χ3n) is 2.34. The number of nitriles is 1. The van der Waals surface area contributed by atoms with Crippen LogP contribution in [0.3, 0.4) is 0 Å². The van der Waals surface area contributed by atoms with Gasteiger partial charge in [-0.2, -0.15) is 5.26 Å². The highest BCUT2D eigenvalue weighted by atomic mass is 35.5. The van der Waals surface area contributed by atoms with Crippen molar-refractivity contribution in [3.63, 3.8) is 0 Å². The Morgan fingerprint density at radius 3 is 2.76 bits per heavy atom. The maximum Gasteiger partial charge on any atom is 0.136 e. The van der Waals surface area contributed by atoms with Crippen LogP contribution in [-0.4, -0.2) is 4.98 Å². The molecule has 1 aromatic carbocycles. The van der Waals surface area contributed by atoms with Crippen LogP contribution in [0, 0.1) is 17.1 Å². The number of nitrogens with zero attached hydrogens (tertiary/aromatic N) is 2. The van der Waals surface area contributed by atoms with Gasteiger partial charge >= 0.3 is 0 Å². The van der Waals surface area contributed by atoms with Gasteiger partial charge in [-0.15, -0.1) is 0 Å². The zero-order valence-corrected chi connectivity index (χ0v) is 9.58. The molecule has 0 bridgehead atoms. The van der Waals surface area contributed by atoms with Crippen molar-refractivity contribution in [1.29, 1.82) is 5.26 Å². The Bertz CT molecular complexity index is 590. The fourth-order valence-electron chi connectivity index (χ4n) is 1.55. The van der Waals surface area contributed by atoms with E-state index in [1.54, 1.807) is 24.3 Å². The first kappa shape index (κ1) is 11.6. The van der Waals surface area contributed by atoms with E-state index in [9.17, 15) is 4.39 Å². The van der Waals surface area contributed by atoms with Crippen molar-refractivity contribution in [1.82, 2.24) is 4.98 Å². The molecule has 0 saturated carbocycles. The molecule has 2 nitrogen and oxygen atoms in total. The fourth-order valence-corrected chi connectivity index (χ4v) is 1.75. The highest BCUT2D eigenvalue weighted by molar-refractivity contribution is 6.32. The van der Waals surface area contributed by atoms with Gasteiger partial charge in [0.1, 0.15) is 11.0 Å². The monoisotopic (exact) mass is 246 g/mol. The van der Waals surface area contributed by atoms with Crippen LogP contribution in [0.25, 0.3) is 11.1 Å². The van der Waals surface area contributed by atoms with Crippen LogP contribution >= 0.6 is 11.6 Å². The van der Waals surface area contributed by atoms with E-state index >= 15 is 0 Å². The Kier molecular flexibility index (Phi) is 3.36. The van der Waals surface area contributed by atoms with Crippen LogP contribution in [0.15, 0.2) is 36.5 Å². The molecular weight excluding hydrogens is 239 g/mol. The lowest BCUT2D eigenvalue weighted by atomic mass is 10.0. The van der Waals surface area contributed by atoms with Crippen molar-refractivity contribution in [2.45, 2.75) is 6.42 Å². The van der Waals surface area contributed by atoms with E-state index in [4.69, 9.17) is 16.9 Å². The molecule has 1 heterocycles. The second-order valence-electron chi connectivity index (χ2n) is 3.50. The van der Waals surface area contributed by atoms with E-state index in [0.717, 1.165) is 5.56 Å². The molecule has 2 rings (SSSR count). The molecule has 0 amide bonds. The summed E-state index contributed by atoms with van der Waals surface area (Å²) in [6.07, 6.45) is 1.75. The van der Waals surface area contributed by atoms with Crippen molar-refractivity contribution >= 4 is 11.6 Å². The minimum absolute atomic E-state index is 0.228. The third-order valence-corrected chi connectivity index (χ3v) is 2.64. The zero-order valence-electron chi connectivity index (χ0n) is 8.82. The van der Waals surface area contributed by atoms with Crippen molar-refractivity contribution in [3.05, 3.63) is 53.1 Å². The molecule has 0 aliphatic carbocycles. The Morgan fingerprint density at radius 1 is 1.29 bits per heavy atom. The van der Waals surface area contributed by atoms with Gasteiger partial charge in [-0.1, -0.05) is 29.8 Å². The molecule has 84 valence electrons. The van der Waals surface area contributed by atoms with E-state index in [0.29, 0.717) is 11.1 Å². The van der Waals surface area contributed by atoms with Gasteiger partial charge < -0.3 is 0 Å². The number of hydrogen-bond donors (Lipinski definition) is 0. The van der Waals surface area contributed by atoms with Gasteiger partial charge in [-0.3, -0.25) is 0 Å². The highest BCUT2D eigenvalue weighted by Gasteiger charge is 2.10.